The molecule has 1 aromatic heterocycles. The van der Waals surface area contributed by atoms with Crippen molar-refractivity contribution < 1.29 is 4.39 Å². The topological polar surface area (TPSA) is 29.0 Å². The Balaban J connectivity index is 2.25. The van der Waals surface area contributed by atoms with Gasteiger partial charge in [-0.15, -0.1) is 0 Å². The number of aromatic nitrogens is 2. The van der Waals surface area contributed by atoms with Crippen molar-refractivity contribution in [3.63, 3.8) is 0 Å². The van der Waals surface area contributed by atoms with Crippen molar-refractivity contribution in [2.75, 3.05) is 16.8 Å². The summed E-state index contributed by atoms with van der Waals surface area (Å²) in [6.45, 7) is 2.48. The van der Waals surface area contributed by atoms with Crippen LogP contribution < -0.4 is 4.90 Å². The van der Waals surface area contributed by atoms with Gasteiger partial charge in [0, 0.05) is 17.9 Å². The Kier molecular flexibility index (Phi) is 4.92. The minimum atomic E-state index is -0.274. The summed E-state index contributed by atoms with van der Waals surface area (Å²) in [7, 11) is 0. The van der Waals surface area contributed by atoms with E-state index in [2.05, 4.69) is 30.8 Å². The molecule has 100 valence electrons. The van der Waals surface area contributed by atoms with Crippen LogP contribution in [0.4, 0.5) is 10.2 Å². The van der Waals surface area contributed by atoms with Crippen LogP contribution in [0.3, 0.4) is 0 Å². The van der Waals surface area contributed by atoms with E-state index in [0.717, 1.165) is 24.7 Å². The molecule has 0 aromatic carbocycles. The van der Waals surface area contributed by atoms with Gasteiger partial charge in [0.15, 0.2) is 11.6 Å². The number of rotatable bonds is 4. The van der Waals surface area contributed by atoms with Gasteiger partial charge in [-0.2, -0.15) is 0 Å². The van der Waals surface area contributed by atoms with Crippen molar-refractivity contribution >= 4 is 21.7 Å². The maximum atomic E-state index is 14.1. The lowest BCUT2D eigenvalue weighted by Gasteiger charge is -2.35. The van der Waals surface area contributed by atoms with E-state index in [1.165, 1.54) is 25.6 Å². The largest absolute Gasteiger partial charge is 0.350 e. The van der Waals surface area contributed by atoms with Gasteiger partial charge in [-0.3, -0.25) is 0 Å². The van der Waals surface area contributed by atoms with Gasteiger partial charge in [0.1, 0.15) is 6.33 Å². The van der Waals surface area contributed by atoms with Gasteiger partial charge >= 0.3 is 0 Å². The fraction of sp³-hybridized carbons (Fsp3) is 0.692. The second kappa shape index (κ2) is 6.45. The van der Waals surface area contributed by atoms with E-state index in [0.29, 0.717) is 17.6 Å². The quantitative estimate of drug-likeness (QED) is 0.797. The zero-order chi connectivity index (χ0) is 13.0. The van der Waals surface area contributed by atoms with Crippen LogP contribution in [0.1, 0.15) is 37.8 Å². The zero-order valence-electron chi connectivity index (χ0n) is 10.7. The summed E-state index contributed by atoms with van der Waals surface area (Å²) in [6, 6.07) is 0.417. The molecular weight excluding hydrogens is 297 g/mol. The van der Waals surface area contributed by atoms with Gasteiger partial charge in [0.05, 0.1) is 5.69 Å². The minimum absolute atomic E-state index is 0.274. The Morgan fingerprint density at radius 1 is 1.33 bits per heavy atom. The molecule has 1 heterocycles. The molecule has 0 bridgehead atoms. The van der Waals surface area contributed by atoms with E-state index in [1.54, 1.807) is 6.92 Å². The summed E-state index contributed by atoms with van der Waals surface area (Å²) in [5.41, 5.74) is 0.426. The fourth-order valence-electron chi connectivity index (χ4n) is 2.59. The first-order valence-corrected chi connectivity index (χ1v) is 7.66. The molecule has 5 heteroatoms. The van der Waals surface area contributed by atoms with E-state index in [1.807, 2.05) is 0 Å². The zero-order valence-corrected chi connectivity index (χ0v) is 12.3. The average Bonchev–Trinajstić information content (AvgIpc) is 2.41. The van der Waals surface area contributed by atoms with Gasteiger partial charge in [-0.05, 0) is 19.8 Å². The smallest absolute Gasteiger partial charge is 0.186 e. The van der Waals surface area contributed by atoms with Gasteiger partial charge in [-0.25, -0.2) is 14.4 Å². The standard InChI is InChI=1S/C13H19BrFN3/c1-10-12(15)13(17-9-16-10)18(8-7-14)11-5-3-2-4-6-11/h9,11H,2-8H2,1H3. The Bertz CT molecular complexity index is 394. The lowest BCUT2D eigenvalue weighted by Crippen LogP contribution is -2.39. The molecule has 0 aliphatic heterocycles. The minimum Gasteiger partial charge on any atom is -0.350 e. The van der Waals surface area contributed by atoms with Gasteiger partial charge < -0.3 is 4.90 Å². The predicted octanol–water partition coefficient (Wildman–Crippen LogP) is 3.46. The van der Waals surface area contributed by atoms with Crippen molar-refractivity contribution in [2.45, 2.75) is 45.1 Å². The number of halogens is 2. The van der Waals surface area contributed by atoms with E-state index in [-0.39, 0.29) is 5.82 Å². The van der Waals surface area contributed by atoms with Crippen LogP contribution in [-0.2, 0) is 0 Å². The van der Waals surface area contributed by atoms with Crippen molar-refractivity contribution in [3.05, 3.63) is 17.8 Å². The molecular formula is C13H19BrFN3. The molecule has 18 heavy (non-hydrogen) atoms. The Hall–Kier alpha value is -0.710. The molecule has 1 fully saturated rings. The lowest BCUT2D eigenvalue weighted by molar-refractivity contribution is 0.412. The second-order valence-corrected chi connectivity index (χ2v) is 5.56. The maximum absolute atomic E-state index is 14.1. The van der Waals surface area contributed by atoms with Gasteiger partial charge in [0.2, 0.25) is 0 Å². The molecule has 1 aromatic rings. The maximum Gasteiger partial charge on any atom is 0.186 e. The Morgan fingerprint density at radius 3 is 2.72 bits per heavy atom. The molecule has 0 N–H and O–H groups in total. The van der Waals surface area contributed by atoms with Gasteiger partial charge in [0.25, 0.3) is 0 Å². The Morgan fingerprint density at radius 2 is 2.06 bits per heavy atom. The highest BCUT2D eigenvalue weighted by Crippen LogP contribution is 2.28. The summed E-state index contributed by atoms with van der Waals surface area (Å²) in [4.78, 5) is 10.2. The number of nitrogens with zero attached hydrogens (tertiary/aromatic N) is 3. The lowest BCUT2D eigenvalue weighted by atomic mass is 9.94. The molecule has 0 spiro atoms. The first-order valence-electron chi connectivity index (χ1n) is 6.53. The van der Waals surface area contributed by atoms with E-state index >= 15 is 0 Å². The number of anilines is 1. The van der Waals surface area contributed by atoms with Crippen LogP contribution in [0, 0.1) is 12.7 Å². The molecule has 0 saturated heterocycles. The van der Waals surface area contributed by atoms with Crippen molar-refractivity contribution in [1.82, 2.24) is 9.97 Å². The molecule has 0 radical (unpaired) electrons. The van der Waals surface area contributed by atoms with Gasteiger partial charge in [-0.1, -0.05) is 35.2 Å². The predicted molar refractivity (Wildman–Crippen MR) is 74.7 cm³/mol. The molecule has 3 nitrogen and oxygen atoms in total. The first kappa shape index (κ1) is 13.7. The monoisotopic (exact) mass is 315 g/mol. The fourth-order valence-corrected chi connectivity index (χ4v) is 2.97. The second-order valence-electron chi connectivity index (χ2n) is 4.77. The first-order chi connectivity index (χ1) is 8.74. The molecule has 0 unspecified atom stereocenters. The highest BCUT2D eigenvalue weighted by atomic mass is 79.9. The number of alkyl halides is 1. The summed E-state index contributed by atoms with van der Waals surface area (Å²) < 4.78 is 14.1. The molecule has 1 saturated carbocycles. The van der Waals surface area contributed by atoms with Crippen molar-refractivity contribution in [2.24, 2.45) is 0 Å². The summed E-state index contributed by atoms with van der Waals surface area (Å²) in [5.74, 6) is 0.192. The number of aryl methyl sites for hydroxylation is 1. The third kappa shape index (κ3) is 2.99. The van der Waals surface area contributed by atoms with Crippen molar-refractivity contribution in [3.8, 4) is 0 Å². The summed E-state index contributed by atoms with van der Waals surface area (Å²) in [5, 5.41) is 0.825. The van der Waals surface area contributed by atoms with Crippen LogP contribution in [-0.4, -0.2) is 27.9 Å². The van der Waals surface area contributed by atoms with Crippen LogP contribution >= 0.6 is 15.9 Å². The third-order valence-electron chi connectivity index (χ3n) is 3.56. The van der Waals surface area contributed by atoms with Crippen LogP contribution in [0.25, 0.3) is 0 Å². The van der Waals surface area contributed by atoms with Crippen LogP contribution in [0.15, 0.2) is 6.33 Å². The third-order valence-corrected chi connectivity index (χ3v) is 3.91. The van der Waals surface area contributed by atoms with Crippen molar-refractivity contribution in [1.29, 1.82) is 0 Å². The molecule has 1 aliphatic rings. The summed E-state index contributed by atoms with van der Waals surface area (Å²) in [6.07, 6.45) is 7.48. The Labute approximate surface area is 116 Å². The van der Waals surface area contributed by atoms with Crippen LogP contribution in [0.5, 0.6) is 0 Å². The normalized spacial score (nSPS) is 16.8. The highest BCUT2D eigenvalue weighted by molar-refractivity contribution is 9.09. The number of hydrogen-bond acceptors (Lipinski definition) is 3. The summed E-state index contributed by atoms with van der Waals surface area (Å²) >= 11 is 3.45. The SMILES string of the molecule is Cc1ncnc(N(CCBr)C2CCCCC2)c1F. The number of hydrogen-bond donors (Lipinski definition) is 0. The molecule has 2 rings (SSSR count). The average molecular weight is 316 g/mol. The van der Waals surface area contributed by atoms with E-state index < -0.39 is 0 Å². The van der Waals surface area contributed by atoms with E-state index in [9.17, 15) is 4.39 Å². The van der Waals surface area contributed by atoms with E-state index in [4.69, 9.17) is 0 Å². The molecule has 1 aliphatic carbocycles. The molecule has 0 amide bonds. The highest BCUT2D eigenvalue weighted by Gasteiger charge is 2.24. The van der Waals surface area contributed by atoms with Crippen LogP contribution in [0.2, 0.25) is 0 Å². The molecule has 0 atom stereocenters.